The van der Waals surface area contributed by atoms with Crippen LogP contribution in [0.15, 0.2) is 83.7 Å². The van der Waals surface area contributed by atoms with Crippen LogP contribution in [0.5, 0.6) is 0 Å². The van der Waals surface area contributed by atoms with Gasteiger partial charge in [-0.25, -0.2) is 4.68 Å². The van der Waals surface area contributed by atoms with E-state index in [1.54, 1.807) is 48.0 Å². The Hall–Kier alpha value is -3.70. The molecule has 1 heterocycles. The van der Waals surface area contributed by atoms with E-state index >= 15 is 0 Å². The van der Waals surface area contributed by atoms with Crippen molar-refractivity contribution in [1.29, 1.82) is 0 Å². The molecule has 31 heavy (non-hydrogen) atoms. The van der Waals surface area contributed by atoms with Gasteiger partial charge in [0.2, 0.25) is 5.43 Å². The molecule has 1 N–H and O–H groups in total. The van der Waals surface area contributed by atoms with Gasteiger partial charge in [0.1, 0.15) is 11.5 Å². The normalized spacial score (nSPS) is 10.7. The molecular weight excluding hydrogens is 410 g/mol. The molecule has 1 aromatic heterocycles. The lowest BCUT2D eigenvalue weighted by Crippen LogP contribution is -2.25. The van der Waals surface area contributed by atoms with Crippen LogP contribution in [0.3, 0.4) is 0 Å². The number of aryl methyl sites for hydroxylation is 2. The van der Waals surface area contributed by atoms with E-state index in [9.17, 15) is 9.59 Å². The van der Waals surface area contributed by atoms with Crippen molar-refractivity contribution in [2.24, 2.45) is 0 Å². The molecule has 0 aliphatic rings. The number of halogens is 1. The number of nitrogens with one attached hydrogen (secondary N) is 1. The van der Waals surface area contributed by atoms with E-state index in [1.165, 1.54) is 0 Å². The second kappa shape index (κ2) is 8.58. The molecule has 0 saturated carbocycles. The van der Waals surface area contributed by atoms with Crippen LogP contribution in [0.2, 0.25) is 5.02 Å². The zero-order valence-corrected chi connectivity index (χ0v) is 17.9. The first kappa shape index (κ1) is 20.6. The number of amides is 1. The molecule has 0 saturated heterocycles. The molecule has 0 atom stereocenters. The third kappa shape index (κ3) is 4.13. The molecule has 0 aliphatic heterocycles. The van der Waals surface area contributed by atoms with Crippen molar-refractivity contribution >= 4 is 23.3 Å². The number of anilines is 1. The molecule has 0 aliphatic carbocycles. The number of rotatable bonds is 4. The van der Waals surface area contributed by atoms with Gasteiger partial charge < -0.3 is 5.32 Å². The fraction of sp³-hybridized carbons (Fsp3) is 0.0800. The summed E-state index contributed by atoms with van der Waals surface area (Å²) in [5.74, 6) is -0.0801. The van der Waals surface area contributed by atoms with Gasteiger partial charge in [0, 0.05) is 16.1 Å². The Bertz CT molecular complexity index is 1310. The molecular formula is C25H20ClN3O2. The number of carbonyl (C=O) groups is 1. The molecule has 4 rings (SSSR count). The highest BCUT2D eigenvalue weighted by molar-refractivity contribution is 6.33. The Morgan fingerprint density at radius 2 is 1.55 bits per heavy atom. The van der Waals surface area contributed by atoms with Crippen molar-refractivity contribution in [2.75, 3.05) is 5.32 Å². The van der Waals surface area contributed by atoms with E-state index in [-0.39, 0.29) is 17.2 Å². The topological polar surface area (TPSA) is 64.0 Å². The van der Waals surface area contributed by atoms with Crippen LogP contribution >= 0.6 is 11.6 Å². The van der Waals surface area contributed by atoms with Gasteiger partial charge >= 0.3 is 0 Å². The van der Waals surface area contributed by atoms with Gasteiger partial charge in [-0.3, -0.25) is 9.59 Å². The molecule has 3 aromatic carbocycles. The van der Waals surface area contributed by atoms with E-state index < -0.39 is 0 Å². The van der Waals surface area contributed by atoms with Crippen molar-refractivity contribution in [1.82, 2.24) is 9.78 Å². The maximum atomic E-state index is 13.2. The largest absolute Gasteiger partial charge is 0.306 e. The highest BCUT2D eigenvalue weighted by atomic mass is 35.5. The number of nitrogens with zero attached hydrogens (tertiary/aromatic N) is 2. The Morgan fingerprint density at radius 1 is 0.903 bits per heavy atom. The minimum atomic E-state index is -0.344. The molecule has 0 unspecified atom stereocenters. The Labute approximate surface area is 184 Å². The first-order valence-corrected chi connectivity index (χ1v) is 10.2. The summed E-state index contributed by atoms with van der Waals surface area (Å²) in [4.78, 5) is 26.3. The second-order valence-electron chi connectivity index (χ2n) is 7.19. The van der Waals surface area contributed by atoms with Crippen LogP contribution in [-0.4, -0.2) is 15.7 Å². The van der Waals surface area contributed by atoms with Crippen LogP contribution in [0, 0.1) is 13.8 Å². The van der Waals surface area contributed by atoms with E-state index in [2.05, 4.69) is 10.4 Å². The minimum absolute atomic E-state index is 0.264. The zero-order chi connectivity index (χ0) is 22.0. The average molecular weight is 430 g/mol. The van der Waals surface area contributed by atoms with Crippen LogP contribution in [0.1, 0.15) is 21.6 Å². The van der Waals surface area contributed by atoms with Crippen molar-refractivity contribution in [3.63, 3.8) is 0 Å². The standard InChI is InChI=1S/C25H20ClN3O2/c1-16-12-14-18(15-13-16)25(31)27-24-22(20-10-6-7-11-21(20)26)23(30)17(2)28-29(24)19-8-4-3-5-9-19/h3-15H,1-2H3,(H,27,31). The Kier molecular flexibility index (Phi) is 5.69. The summed E-state index contributed by atoms with van der Waals surface area (Å²) in [5.41, 5.74) is 3.06. The van der Waals surface area contributed by atoms with E-state index in [0.29, 0.717) is 33.1 Å². The van der Waals surface area contributed by atoms with Gasteiger partial charge in [0.05, 0.1) is 11.3 Å². The first-order valence-electron chi connectivity index (χ1n) is 9.78. The molecule has 0 fully saturated rings. The number of benzene rings is 3. The molecule has 1 amide bonds. The molecule has 0 spiro atoms. The maximum Gasteiger partial charge on any atom is 0.256 e. The lowest BCUT2D eigenvalue weighted by Gasteiger charge is -2.19. The molecule has 4 aromatic rings. The second-order valence-corrected chi connectivity index (χ2v) is 7.59. The first-order chi connectivity index (χ1) is 15.0. The number of carbonyl (C=O) groups excluding carboxylic acids is 1. The van der Waals surface area contributed by atoms with Crippen LogP contribution < -0.4 is 10.7 Å². The zero-order valence-electron chi connectivity index (χ0n) is 17.1. The summed E-state index contributed by atoms with van der Waals surface area (Å²) in [6.07, 6.45) is 0. The highest BCUT2D eigenvalue weighted by Crippen LogP contribution is 2.32. The molecule has 0 radical (unpaired) electrons. The predicted octanol–water partition coefficient (Wildman–Crippen LogP) is 5.42. The lowest BCUT2D eigenvalue weighted by atomic mass is 10.0. The van der Waals surface area contributed by atoms with Crippen LogP contribution in [0.4, 0.5) is 5.82 Å². The Morgan fingerprint density at radius 3 is 2.23 bits per heavy atom. The van der Waals surface area contributed by atoms with E-state index in [0.717, 1.165) is 5.56 Å². The minimum Gasteiger partial charge on any atom is -0.306 e. The van der Waals surface area contributed by atoms with Gasteiger partial charge in [-0.15, -0.1) is 0 Å². The van der Waals surface area contributed by atoms with Gasteiger partial charge in [0.15, 0.2) is 0 Å². The third-order valence-electron chi connectivity index (χ3n) is 4.94. The molecule has 5 nitrogen and oxygen atoms in total. The van der Waals surface area contributed by atoms with E-state index in [4.69, 9.17) is 11.6 Å². The van der Waals surface area contributed by atoms with E-state index in [1.807, 2.05) is 49.4 Å². The van der Waals surface area contributed by atoms with Gasteiger partial charge in [-0.1, -0.05) is 65.7 Å². The fourth-order valence-corrected chi connectivity index (χ4v) is 3.54. The van der Waals surface area contributed by atoms with Gasteiger partial charge in [-0.05, 0) is 44.2 Å². The monoisotopic (exact) mass is 429 g/mol. The predicted molar refractivity (Wildman–Crippen MR) is 124 cm³/mol. The summed E-state index contributed by atoms with van der Waals surface area (Å²) in [5, 5.41) is 7.79. The average Bonchev–Trinajstić information content (AvgIpc) is 2.78. The van der Waals surface area contributed by atoms with Gasteiger partial charge in [-0.2, -0.15) is 5.10 Å². The van der Waals surface area contributed by atoms with Crippen molar-refractivity contribution in [2.45, 2.75) is 13.8 Å². The number of para-hydroxylation sites is 1. The SMILES string of the molecule is Cc1ccc(C(=O)Nc2c(-c3ccccc3Cl)c(=O)c(C)nn2-c2ccccc2)cc1. The van der Waals surface area contributed by atoms with Crippen molar-refractivity contribution in [3.8, 4) is 16.8 Å². The fourth-order valence-electron chi connectivity index (χ4n) is 3.31. The number of hydrogen-bond acceptors (Lipinski definition) is 3. The summed E-state index contributed by atoms with van der Waals surface area (Å²) < 4.78 is 1.57. The van der Waals surface area contributed by atoms with Gasteiger partial charge in [0.25, 0.3) is 5.91 Å². The van der Waals surface area contributed by atoms with Crippen molar-refractivity contribution in [3.05, 3.63) is 111 Å². The van der Waals surface area contributed by atoms with Crippen LogP contribution in [0.25, 0.3) is 16.8 Å². The maximum absolute atomic E-state index is 13.2. The summed E-state index contributed by atoms with van der Waals surface area (Å²) in [6.45, 7) is 3.60. The summed E-state index contributed by atoms with van der Waals surface area (Å²) >= 11 is 6.44. The number of aromatic nitrogens is 2. The third-order valence-corrected chi connectivity index (χ3v) is 5.27. The molecule has 0 bridgehead atoms. The smallest absolute Gasteiger partial charge is 0.256 e. The van der Waals surface area contributed by atoms with Crippen molar-refractivity contribution < 1.29 is 4.79 Å². The molecule has 154 valence electrons. The quantitative estimate of drug-likeness (QED) is 0.471. The summed E-state index contributed by atoms with van der Waals surface area (Å²) in [7, 11) is 0. The molecule has 6 heteroatoms. The Balaban J connectivity index is 1.97. The highest BCUT2D eigenvalue weighted by Gasteiger charge is 2.22. The van der Waals surface area contributed by atoms with Crippen LogP contribution in [-0.2, 0) is 0 Å². The number of hydrogen-bond donors (Lipinski definition) is 1. The lowest BCUT2D eigenvalue weighted by molar-refractivity contribution is 0.102. The summed E-state index contributed by atoms with van der Waals surface area (Å²) in [6, 6.07) is 23.6.